The van der Waals surface area contributed by atoms with Gasteiger partial charge in [-0.15, -0.1) is 0 Å². The third-order valence-corrected chi connectivity index (χ3v) is 6.28. The first-order valence-electron chi connectivity index (χ1n) is 10.5. The summed E-state index contributed by atoms with van der Waals surface area (Å²) in [5.41, 5.74) is 4.52. The third-order valence-electron chi connectivity index (χ3n) is 5.97. The predicted octanol–water partition coefficient (Wildman–Crippen LogP) is 4.55. The molecule has 2 aliphatic heterocycles. The number of rotatable bonds is 5. The van der Waals surface area contributed by atoms with Gasteiger partial charge in [0, 0.05) is 36.9 Å². The van der Waals surface area contributed by atoms with Crippen LogP contribution in [0.25, 0.3) is 0 Å². The van der Waals surface area contributed by atoms with Crippen LogP contribution in [0.1, 0.15) is 41.9 Å². The van der Waals surface area contributed by atoms with E-state index in [1.54, 1.807) is 0 Å². The standard InChI is InChI=1S/C24H26N4OS/c1-17-7-4-8-18(15-17)28-23(22(26-24(28)30)20-10-2-3-12-25-20)21-11-5-13-27(21)16-19-9-6-14-29-19/h2-5,7-8,10-13,15,19,22-23H,6,9,14,16H2,1H3,(H,26,30)/t19-,22+,23+/m0/s1. The number of anilines is 1. The molecule has 0 saturated carbocycles. The highest BCUT2D eigenvalue weighted by Gasteiger charge is 2.42. The number of pyridine rings is 1. The molecular weight excluding hydrogens is 392 g/mol. The zero-order valence-electron chi connectivity index (χ0n) is 17.1. The lowest BCUT2D eigenvalue weighted by Crippen LogP contribution is -2.31. The Hall–Kier alpha value is -2.70. The van der Waals surface area contributed by atoms with Crippen molar-refractivity contribution in [1.82, 2.24) is 14.9 Å². The number of aromatic nitrogens is 2. The first-order chi connectivity index (χ1) is 14.7. The number of hydrogen-bond acceptors (Lipinski definition) is 3. The van der Waals surface area contributed by atoms with E-state index < -0.39 is 0 Å². The Morgan fingerprint density at radius 2 is 2.10 bits per heavy atom. The lowest BCUT2D eigenvalue weighted by molar-refractivity contribution is 0.0961. The minimum Gasteiger partial charge on any atom is -0.376 e. The molecule has 30 heavy (non-hydrogen) atoms. The third kappa shape index (κ3) is 3.61. The molecule has 0 unspecified atom stereocenters. The highest BCUT2D eigenvalue weighted by atomic mass is 32.1. The summed E-state index contributed by atoms with van der Waals surface area (Å²) in [5, 5.41) is 4.28. The van der Waals surface area contributed by atoms with Gasteiger partial charge in [-0.25, -0.2) is 0 Å². The van der Waals surface area contributed by atoms with Gasteiger partial charge in [0.05, 0.1) is 17.8 Å². The van der Waals surface area contributed by atoms with Crippen molar-refractivity contribution in [2.24, 2.45) is 0 Å². The normalized spacial score (nSPS) is 23.7. The Balaban J connectivity index is 1.58. The smallest absolute Gasteiger partial charge is 0.174 e. The highest BCUT2D eigenvalue weighted by Crippen LogP contribution is 2.41. The number of nitrogens with zero attached hydrogens (tertiary/aromatic N) is 3. The van der Waals surface area contributed by atoms with E-state index in [1.807, 2.05) is 18.3 Å². The van der Waals surface area contributed by atoms with Gasteiger partial charge in [-0.3, -0.25) is 4.98 Å². The predicted molar refractivity (Wildman–Crippen MR) is 123 cm³/mol. The Morgan fingerprint density at radius 3 is 2.87 bits per heavy atom. The highest BCUT2D eigenvalue weighted by molar-refractivity contribution is 7.80. The monoisotopic (exact) mass is 418 g/mol. The maximum absolute atomic E-state index is 5.92. The van der Waals surface area contributed by atoms with Gasteiger partial charge in [0.1, 0.15) is 6.04 Å². The quantitative estimate of drug-likeness (QED) is 0.616. The van der Waals surface area contributed by atoms with Crippen LogP contribution >= 0.6 is 12.2 Å². The second-order valence-corrected chi connectivity index (χ2v) is 8.44. The largest absolute Gasteiger partial charge is 0.376 e. The van der Waals surface area contributed by atoms with Crippen molar-refractivity contribution in [3.05, 3.63) is 83.9 Å². The molecule has 154 valence electrons. The van der Waals surface area contributed by atoms with Crippen LogP contribution < -0.4 is 10.2 Å². The number of benzene rings is 1. The van der Waals surface area contributed by atoms with Gasteiger partial charge in [-0.2, -0.15) is 0 Å². The van der Waals surface area contributed by atoms with E-state index in [0.717, 1.165) is 42.5 Å². The van der Waals surface area contributed by atoms with Crippen LogP contribution in [0.15, 0.2) is 67.0 Å². The minimum absolute atomic E-state index is 0.00519. The maximum atomic E-state index is 5.92. The molecule has 3 aromatic rings. The Labute approximate surface area is 182 Å². The Kier molecular flexibility index (Phi) is 5.27. The van der Waals surface area contributed by atoms with Gasteiger partial charge >= 0.3 is 0 Å². The molecule has 4 heterocycles. The summed E-state index contributed by atoms with van der Waals surface area (Å²) in [6, 6.07) is 18.9. The molecule has 5 nitrogen and oxygen atoms in total. The first kappa shape index (κ1) is 19.3. The molecule has 6 heteroatoms. The van der Waals surface area contributed by atoms with Crippen LogP contribution in [0.5, 0.6) is 0 Å². The molecule has 1 N–H and O–H groups in total. The van der Waals surface area contributed by atoms with Crippen molar-refractivity contribution in [2.75, 3.05) is 11.5 Å². The average Bonchev–Trinajstić information content (AvgIpc) is 3.49. The zero-order chi connectivity index (χ0) is 20.5. The molecule has 3 atom stereocenters. The van der Waals surface area contributed by atoms with Crippen molar-refractivity contribution in [3.8, 4) is 0 Å². The number of hydrogen-bond donors (Lipinski definition) is 1. The molecule has 0 radical (unpaired) electrons. The average molecular weight is 419 g/mol. The van der Waals surface area contributed by atoms with Crippen LogP contribution in [0.4, 0.5) is 5.69 Å². The lowest BCUT2D eigenvalue weighted by Gasteiger charge is -2.29. The molecule has 0 amide bonds. The van der Waals surface area contributed by atoms with Crippen molar-refractivity contribution in [1.29, 1.82) is 0 Å². The molecule has 2 saturated heterocycles. The second-order valence-electron chi connectivity index (χ2n) is 8.06. The van der Waals surface area contributed by atoms with E-state index in [1.165, 1.54) is 11.3 Å². The zero-order valence-corrected chi connectivity index (χ0v) is 17.9. The molecule has 5 rings (SSSR count). The number of ether oxygens (including phenoxy) is 1. The summed E-state index contributed by atoms with van der Waals surface area (Å²) >= 11 is 5.83. The van der Waals surface area contributed by atoms with Gasteiger partial charge in [0.25, 0.3) is 0 Å². The molecule has 0 aliphatic carbocycles. The van der Waals surface area contributed by atoms with Crippen molar-refractivity contribution < 1.29 is 4.74 Å². The topological polar surface area (TPSA) is 42.3 Å². The van der Waals surface area contributed by atoms with Gasteiger partial charge < -0.3 is 19.5 Å². The van der Waals surface area contributed by atoms with Crippen molar-refractivity contribution in [2.45, 2.75) is 44.5 Å². The summed E-state index contributed by atoms with van der Waals surface area (Å²) in [4.78, 5) is 6.89. The Bertz CT molecular complexity index is 1030. The van der Waals surface area contributed by atoms with E-state index >= 15 is 0 Å². The lowest BCUT2D eigenvalue weighted by atomic mass is 10.0. The molecular formula is C24H26N4OS. The summed E-state index contributed by atoms with van der Waals surface area (Å²) in [6.07, 6.45) is 6.53. The van der Waals surface area contributed by atoms with E-state index in [2.05, 4.69) is 75.4 Å². The van der Waals surface area contributed by atoms with Crippen LogP contribution in [-0.4, -0.2) is 27.4 Å². The molecule has 2 fully saturated rings. The van der Waals surface area contributed by atoms with Crippen molar-refractivity contribution >= 4 is 23.0 Å². The van der Waals surface area contributed by atoms with Gasteiger partial charge in [0.2, 0.25) is 0 Å². The molecule has 2 aromatic heterocycles. The number of aryl methyl sites for hydroxylation is 1. The summed E-state index contributed by atoms with van der Waals surface area (Å²) in [5.74, 6) is 0. The summed E-state index contributed by atoms with van der Waals surface area (Å²) in [7, 11) is 0. The second kappa shape index (κ2) is 8.20. The van der Waals surface area contributed by atoms with Crippen molar-refractivity contribution in [3.63, 3.8) is 0 Å². The number of nitrogens with one attached hydrogen (secondary N) is 1. The van der Waals surface area contributed by atoms with Crippen LogP contribution in [0, 0.1) is 6.92 Å². The fraction of sp³-hybridized carbons (Fsp3) is 0.333. The molecule has 0 spiro atoms. The maximum Gasteiger partial charge on any atom is 0.174 e. The van der Waals surface area contributed by atoms with Gasteiger partial charge in [-0.1, -0.05) is 18.2 Å². The summed E-state index contributed by atoms with van der Waals surface area (Å²) < 4.78 is 8.24. The van der Waals surface area contributed by atoms with E-state index in [0.29, 0.717) is 0 Å². The Morgan fingerprint density at radius 1 is 1.17 bits per heavy atom. The minimum atomic E-state index is -0.0302. The number of thiocarbonyl (C=S) groups is 1. The SMILES string of the molecule is Cc1cccc(N2C(=S)N[C@H](c3ccccn3)[C@H]2c2cccn2C[C@@H]2CCCO2)c1. The molecule has 0 bridgehead atoms. The van der Waals surface area contributed by atoms with Gasteiger partial charge in [-0.05, 0) is 73.9 Å². The van der Waals surface area contributed by atoms with Gasteiger partial charge in [0.15, 0.2) is 5.11 Å². The van der Waals surface area contributed by atoms with Crippen LogP contribution in [0.3, 0.4) is 0 Å². The fourth-order valence-corrected chi connectivity index (χ4v) is 4.93. The van der Waals surface area contributed by atoms with E-state index in [4.69, 9.17) is 17.0 Å². The first-order valence-corrected chi connectivity index (χ1v) is 11.0. The van der Waals surface area contributed by atoms with E-state index in [-0.39, 0.29) is 18.2 Å². The van der Waals surface area contributed by atoms with Crippen LogP contribution in [-0.2, 0) is 11.3 Å². The summed E-state index contributed by atoms with van der Waals surface area (Å²) in [6.45, 7) is 3.84. The van der Waals surface area contributed by atoms with Crippen LogP contribution in [0.2, 0.25) is 0 Å². The fourth-order valence-electron chi connectivity index (χ4n) is 4.58. The molecule has 2 aliphatic rings. The van der Waals surface area contributed by atoms with E-state index in [9.17, 15) is 0 Å². The molecule has 1 aromatic carbocycles.